The van der Waals surface area contributed by atoms with Crippen molar-refractivity contribution < 1.29 is 15.0 Å². The van der Waals surface area contributed by atoms with Gasteiger partial charge in [-0.3, -0.25) is 0 Å². The number of imidazole rings is 1. The molecule has 2 aromatic rings. The highest BCUT2D eigenvalue weighted by atomic mass is 16.4. The molecule has 2 rings (SSSR count). The fourth-order valence-electron chi connectivity index (χ4n) is 2.51. The number of hydrogen-bond acceptors (Lipinski definition) is 3. The predicted molar refractivity (Wildman–Crippen MR) is 72.4 cm³/mol. The third-order valence-electron chi connectivity index (χ3n) is 3.24. The van der Waals surface area contributed by atoms with E-state index in [0.29, 0.717) is 11.9 Å². The van der Waals surface area contributed by atoms with Gasteiger partial charge in [0.25, 0.3) is 0 Å². The molecule has 1 aromatic carbocycles. The number of carbonyl (C=O) groups is 1. The lowest BCUT2D eigenvalue weighted by Crippen LogP contribution is -2.13. The maximum Gasteiger partial charge on any atom is 0.335 e. The lowest BCUT2D eigenvalue weighted by atomic mass is 10.1. The minimum atomic E-state index is -0.953. The van der Waals surface area contributed by atoms with Crippen LogP contribution in [0.25, 0.3) is 11.0 Å². The molecule has 19 heavy (non-hydrogen) atoms. The number of benzene rings is 1. The van der Waals surface area contributed by atoms with Crippen LogP contribution in [0.2, 0.25) is 0 Å². The fraction of sp³-hybridized carbons (Fsp3) is 0.429. The van der Waals surface area contributed by atoms with Crippen LogP contribution in [0.4, 0.5) is 0 Å². The second-order valence-electron chi connectivity index (χ2n) is 4.97. The zero-order valence-electron chi connectivity index (χ0n) is 11.3. The second-order valence-corrected chi connectivity index (χ2v) is 4.97. The summed E-state index contributed by atoms with van der Waals surface area (Å²) < 4.78 is 2.04. The van der Waals surface area contributed by atoms with Gasteiger partial charge >= 0.3 is 5.97 Å². The van der Waals surface area contributed by atoms with Crippen molar-refractivity contribution in [3.05, 3.63) is 29.6 Å². The van der Waals surface area contributed by atoms with Crippen molar-refractivity contribution in [3.8, 4) is 0 Å². The Morgan fingerprint density at radius 2 is 2.11 bits per heavy atom. The molecule has 2 atom stereocenters. The number of nitrogens with zero attached hydrogens (tertiary/aromatic N) is 2. The molecule has 0 radical (unpaired) electrons. The number of hydrogen-bond donors (Lipinski definition) is 2. The summed E-state index contributed by atoms with van der Waals surface area (Å²) in [5, 5.41) is 18.5. The van der Waals surface area contributed by atoms with E-state index in [2.05, 4.69) is 4.98 Å². The van der Waals surface area contributed by atoms with Crippen molar-refractivity contribution >= 4 is 17.0 Å². The standard InChI is InChI=1S/C14H18N2O3/c1-8(6-9(2)17)16-10(3)15-12-7-11(14(18)19)4-5-13(12)16/h4-5,7-9,17H,6H2,1-3H3,(H,18,19). The van der Waals surface area contributed by atoms with Crippen molar-refractivity contribution in [2.45, 2.75) is 39.3 Å². The molecular weight excluding hydrogens is 244 g/mol. The minimum absolute atomic E-state index is 0.112. The SMILES string of the molecule is Cc1nc2cc(C(=O)O)ccc2n1C(C)CC(C)O. The largest absolute Gasteiger partial charge is 0.478 e. The van der Waals surface area contributed by atoms with E-state index in [0.717, 1.165) is 11.3 Å². The molecule has 1 aromatic heterocycles. The van der Waals surface area contributed by atoms with Gasteiger partial charge in [0.15, 0.2) is 0 Å². The molecule has 0 amide bonds. The topological polar surface area (TPSA) is 75.3 Å². The number of carboxylic acids is 1. The van der Waals surface area contributed by atoms with Crippen LogP contribution < -0.4 is 0 Å². The average molecular weight is 262 g/mol. The van der Waals surface area contributed by atoms with Gasteiger partial charge in [0.05, 0.1) is 22.7 Å². The maximum atomic E-state index is 10.9. The molecular formula is C14H18N2O3. The highest BCUT2D eigenvalue weighted by Gasteiger charge is 2.16. The number of aromatic nitrogens is 2. The molecule has 0 saturated heterocycles. The van der Waals surface area contributed by atoms with Gasteiger partial charge in [0, 0.05) is 6.04 Å². The number of aliphatic hydroxyl groups excluding tert-OH is 1. The average Bonchev–Trinajstić information content (AvgIpc) is 2.62. The Balaban J connectivity index is 2.50. The number of fused-ring (bicyclic) bond motifs is 1. The Bertz CT molecular complexity index is 616. The number of aliphatic hydroxyl groups is 1. The van der Waals surface area contributed by atoms with E-state index in [1.807, 2.05) is 18.4 Å². The van der Waals surface area contributed by atoms with Gasteiger partial charge in [0.1, 0.15) is 5.82 Å². The summed E-state index contributed by atoms with van der Waals surface area (Å²) >= 11 is 0. The van der Waals surface area contributed by atoms with Gasteiger partial charge in [0.2, 0.25) is 0 Å². The monoisotopic (exact) mass is 262 g/mol. The molecule has 0 aliphatic carbocycles. The van der Waals surface area contributed by atoms with E-state index >= 15 is 0 Å². The predicted octanol–water partition coefficient (Wildman–Crippen LogP) is 2.37. The molecule has 2 N–H and O–H groups in total. The van der Waals surface area contributed by atoms with E-state index in [4.69, 9.17) is 5.11 Å². The number of aryl methyl sites for hydroxylation is 1. The number of aromatic carboxylic acids is 1. The van der Waals surface area contributed by atoms with E-state index in [-0.39, 0.29) is 17.7 Å². The smallest absolute Gasteiger partial charge is 0.335 e. The molecule has 0 bridgehead atoms. The first kappa shape index (κ1) is 13.5. The van der Waals surface area contributed by atoms with E-state index in [1.165, 1.54) is 0 Å². The molecule has 5 nitrogen and oxygen atoms in total. The third-order valence-corrected chi connectivity index (χ3v) is 3.24. The number of rotatable bonds is 4. The summed E-state index contributed by atoms with van der Waals surface area (Å²) in [7, 11) is 0. The zero-order valence-corrected chi connectivity index (χ0v) is 11.3. The Kier molecular flexibility index (Phi) is 3.57. The summed E-state index contributed by atoms with van der Waals surface area (Å²) in [6.07, 6.45) is 0.248. The van der Waals surface area contributed by atoms with Crippen LogP contribution in [0.1, 0.15) is 42.5 Å². The Morgan fingerprint density at radius 3 is 2.68 bits per heavy atom. The van der Waals surface area contributed by atoms with Gasteiger partial charge in [-0.1, -0.05) is 0 Å². The first-order valence-corrected chi connectivity index (χ1v) is 6.30. The maximum absolute atomic E-state index is 10.9. The van der Waals surface area contributed by atoms with Crippen molar-refractivity contribution in [1.82, 2.24) is 9.55 Å². The van der Waals surface area contributed by atoms with E-state index in [9.17, 15) is 9.90 Å². The summed E-state index contributed by atoms with van der Waals surface area (Å²) in [5.41, 5.74) is 1.81. The normalized spacial score (nSPS) is 14.5. The van der Waals surface area contributed by atoms with Crippen LogP contribution in [0.3, 0.4) is 0 Å². The van der Waals surface area contributed by atoms with Gasteiger partial charge in [-0.25, -0.2) is 9.78 Å². The molecule has 102 valence electrons. The minimum Gasteiger partial charge on any atom is -0.478 e. The zero-order chi connectivity index (χ0) is 14.2. The van der Waals surface area contributed by atoms with Crippen molar-refractivity contribution in [2.75, 3.05) is 0 Å². The molecule has 0 spiro atoms. The Morgan fingerprint density at radius 1 is 1.42 bits per heavy atom. The molecule has 0 saturated carbocycles. The molecule has 0 fully saturated rings. The van der Waals surface area contributed by atoms with Gasteiger partial charge < -0.3 is 14.8 Å². The highest BCUT2D eigenvalue weighted by Crippen LogP contribution is 2.24. The lowest BCUT2D eigenvalue weighted by Gasteiger charge is -2.17. The molecule has 0 aliphatic rings. The van der Waals surface area contributed by atoms with Crippen LogP contribution in [-0.2, 0) is 0 Å². The Labute approximate surface area is 111 Å². The van der Waals surface area contributed by atoms with Gasteiger partial charge in [-0.05, 0) is 45.4 Å². The van der Waals surface area contributed by atoms with Crippen molar-refractivity contribution in [3.63, 3.8) is 0 Å². The van der Waals surface area contributed by atoms with E-state index < -0.39 is 5.97 Å². The third kappa shape index (κ3) is 2.61. The van der Waals surface area contributed by atoms with Gasteiger partial charge in [-0.2, -0.15) is 0 Å². The quantitative estimate of drug-likeness (QED) is 0.887. The highest BCUT2D eigenvalue weighted by molar-refractivity contribution is 5.92. The lowest BCUT2D eigenvalue weighted by molar-refractivity contribution is 0.0697. The van der Waals surface area contributed by atoms with Crippen LogP contribution in [0, 0.1) is 6.92 Å². The summed E-state index contributed by atoms with van der Waals surface area (Å²) in [6.45, 7) is 5.67. The fourth-order valence-corrected chi connectivity index (χ4v) is 2.51. The van der Waals surface area contributed by atoms with Gasteiger partial charge in [-0.15, -0.1) is 0 Å². The van der Waals surface area contributed by atoms with E-state index in [1.54, 1.807) is 25.1 Å². The van der Waals surface area contributed by atoms with Crippen molar-refractivity contribution in [1.29, 1.82) is 0 Å². The molecule has 0 aliphatic heterocycles. The van der Waals surface area contributed by atoms with Crippen LogP contribution >= 0.6 is 0 Å². The molecule has 1 heterocycles. The molecule has 2 unspecified atom stereocenters. The summed E-state index contributed by atoms with van der Waals surface area (Å²) in [6, 6.07) is 5.05. The summed E-state index contributed by atoms with van der Waals surface area (Å²) in [4.78, 5) is 15.4. The second kappa shape index (κ2) is 5.01. The Hall–Kier alpha value is -1.88. The van der Waals surface area contributed by atoms with Crippen molar-refractivity contribution in [2.24, 2.45) is 0 Å². The molecule has 5 heteroatoms. The van der Waals surface area contributed by atoms with Crippen LogP contribution in [0.15, 0.2) is 18.2 Å². The first-order chi connectivity index (χ1) is 8.90. The first-order valence-electron chi connectivity index (χ1n) is 6.30. The van der Waals surface area contributed by atoms with Crippen LogP contribution in [0.5, 0.6) is 0 Å². The number of carboxylic acid groups (broad SMARTS) is 1. The van der Waals surface area contributed by atoms with Crippen LogP contribution in [-0.4, -0.2) is 31.8 Å². The summed E-state index contributed by atoms with van der Waals surface area (Å²) in [5.74, 6) is -0.128.